The van der Waals surface area contributed by atoms with Crippen LogP contribution in [-0.4, -0.2) is 71.0 Å². The van der Waals surface area contributed by atoms with Crippen molar-refractivity contribution in [1.29, 1.82) is 0 Å². The Hall–Kier alpha value is -2.52. The van der Waals surface area contributed by atoms with Gasteiger partial charge in [-0.15, -0.1) is 0 Å². The molecule has 0 fully saturated rings. The van der Waals surface area contributed by atoms with Crippen molar-refractivity contribution < 1.29 is 19.0 Å². The molecule has 0 bridgehead atoms. The third-order valence-corrected chi connectivity index (χ3v) is 4.33. The van der Waals surface area contributed by atoms with Crippen LogP contribution < -0.4 is 16.4 Å². The minimum atomic E-state index is 0.396. The predicted octanol–water partition coefficient (Wildman–Crippen LogP) is 1.95. The summed E-state index contributed by atoms with van der Waals surface area (Å²) >= 11 is 0. The lowest BCUT2D eigenvalue weighted by atomic mass is 10.0. The number of anilines is 2. The molecule has 0 aliphatic heterocycles. The molecule has 1 heterocycles. The summed E-state index contributed by atoms with van der Waals surface area (Å²) in [6.07, 6.45) is 3.08. The van der Waals surface area contributed by atoms with Crippen molar-refractivity contribution in [2.75, 3.05) is 70.4 Å². The van der Waals surface area contributed by atoms with Crippen molar-refractivity contribution in [3.05, 3.63) is 42.1 Å². The maximum atomic E-state index is 10.8. The van der Waals surface area contributed by atoms with Crippen molar-refractivity contribution >= 4 is 17.8 Å². The molecule has 0 aliphatic carbocycles. The number of carbonyl (C=O) groups is 1. The second-order valence-electron chi connectivity index (χ2n) is 6.48. The van der Waals surface area contributed by atoms with E-state index in [1.807, 2.05) is 37.4 Å². The third-order valence-electron chi connectivity index (χ3n) is 4.33. The number of nitrogens with two attached hydrogens (primary N) is 1. The van der Waals surface area contributed by atoms with Gasteiger partial charge in [-0.3, -0.25) is 0 Å². The Morgan fingerprint density at radius 1 is 0.967 bits per heavy atom. The summed E-state index contributed by atoms with van der Waals surface area (Å²) in [6.45, 7) is 4.46. The predicted molar refractivity (Wildman–Crippen MR) is 119 cm³/mol. The Balaban J connectivity index is 1.72. The molecule has 0 saturated heterocycles. The van der Waals surface area contributed by atoms with Crippen LogP contribution in [0.25, 0.3) is 11.1 Å². The van der Waals surface area contributed by atoms with E-state index in [4.69, 9.17) is 19.9 Å². The molecule has 0 atom stereocenters. The van der Waals surface area contributed by atoms with E-state index in [-0.39, 0.29) is 0 Å². The Morgan fingerprint density at radius 2 is 1.67 bits per heavy atom. The molecule has 2 aromatic rings. The second-order valence-corrected chi connectivity index (χ2v) is 6.48. The molecule has 2 rings (SSSR count). The van der Waals surface area contributed by atoms with E-state index in [9.17, 15) is 4.79 Å². The summed E-state index contributed by atoms with van der Waals surface area (Å²) < 4.78 is 16.2. The SMILES string of the molecule is CNc1cc(-c2ccnc(NCCOCCOCCOCCN)c2)ccc1CC=O. The first-order valence-electron chi connectivity index (χ1n) is 10.2. The van der Waals surface area contributed by atoms with E-state index in [2.05, 4.69) is 15.6 Å². The number of nitrogens with one attached hydrogen (secondary N) is 2. The number of ether oxygens (including phenoxy) is 3. The van der Waals surface area contributed by atoms with Crippen LogP contribution in [0.2, 0.25) is 0 Å². The lowest BCUT2D eigenvalue weighted by Crippen LogP contribution is -2.15. The molecule has 164 valence electrons. The Morgan fingerprint density at radius 3 is 2.37 bits per heavy atom. The topological polar surface area (TPSA) is 108 Å². The molecule has 4 N–H and O–H groups in total. The zero-order valence-electron chi connectivity index (χ0n) is 17.6. The highest BCUT2D eigenvalue weighted by atomic mass is 16.5. The fourth-order valence-corrected chi connectivity index (χ4v) is 2.84. The number of hydrogen-bond acceptors (Lipinski definition) is 8. The summed E-state index contributed by atoms with van der Waals surface area (Å²) in [4.78, 5) is 15.2. The van der Waals surface area contributed by atoms with Gasteiger partial charge in [-0.2, -0.15) is 0 Å². The van der Waals surface area contributed by atoms with Crippen LogP contribution in [0.3, 0.4) is 0 Å². The maximum Gasteiger partial charge on any atom is 0.126 e. The molecule has 30 heavy (non-hydrogen) atoms. The van der Waals surface area contributed by atoms with Gasteiger partial charge in [0, 0.05) is 38.4 Å². The van der Waals surface area contributed by atoms with Gasteiger partial charge in [0.05, 0.1) is 39.6 Å². The quantitative estimate of drug-likeness (QED) is 0.282. The molecule has 0 spiro atoms. The number of nitrogens with zero attached hydrogens (tertiary/aromatic N) is 1. The molecule has 0 amide bonds. The second kappa shape index (κ2) is 14.5. The molecule has 0 radical (unpaired) electrons. The van der Waals surface area contributed by atoms with Crippen LogP contribution >= 0.6 is 0 Å². The summed E-state index contributed by atoms with van der Waals surface area (Å²) in [5.74, 6) is 0.785. The monoisotopic (exact) mass is 416 g/mol. The highest BCUT2D eigenvalue weighted by Gasteiger charge is 2.05. The summed E-state index contributed by atoms with van der Waals surface area (Å²) in [6, 6.07) is 10.00. The van der Waals surface area contributed by atoms with Gasteiger partial charge < -0.3 is 35.4 Å². The van der Waals surface area contributed by atoms with Crippen LogP contribution in [0.15, 0.2) is 36.5 Å². The van der Waals surface area contributed by atoms with Gasteiger partial charge in [0.15, 0.2) is 0 Å². The minimum absolute atomic E-state index is 0.396. The number of benzene rings is 1. The van der Waals surface area contributed by atoms with E-state index >= 15 is 0 Å². The zero-order valence-corrected chi connectivity index (χ0v) is 17.6. The molecule has 8 heteroatoms. The molecule has 0 aliphatic rings. The highest BCUT2D eigenvalue weighted by Crippen LogP contribution is 2.26. The van der Waals surface area contributed by atoms with Crippen molar-refractivity contribution in [1.82, 2.24) is 4.98 Å². The van der Waals surface area contributed by atoms with Crippen LogP contribution in [0.1, 0.15) is 5.56 Å². The third kappa shape index (κ3) is 8.46. The number of carbonyl (C=O) groups excluding carboxylic acids is 1. The van der Waals surface area contributed by atoms with Crippen LogP contribution in [0, 0.1) is 0 Å². The highest BCUT2D eigenvalue weighted by molar-refractivity contribution is 5.73. The largest absolute Gasteiger partial charge is 0.388 e. The van der Waals surface area contributed by atoms with Gasteiger partial charge in [0.25, 0.3) is 0 Å². The molecular weight excluding hydrogens is 384 g/mol. The fourth-order valence-electron chi connectivity index (χ4n) is 2.84. The zero-order chi connectivity index (χ0) is 21.4. The Bertz CT molecular complexity index is 758. The van der Waals surface area contributed by atoms with Gasteiger partial charge in [-0.05, 0) is 34.9 Å². The van der Waals surface area contributed by atoms with E-state index in [1.165, 1.54) is 0 Å². The van der Waals surface area contributed by atoms with Crippen LogP contribution in [0.4, 0.5) is 11.5 Å². The Labute approximate surface area is 178 Å². The van der Waals surface area contributed by atoms with Crippen molar-refractivity contribution in [2.45, 2.75) is 6.42 Å². The molecule has 0 saturated carbocycles. The van der Waals surface area contributed by atoms with E-state index in [0.717, 1.165) is 34.5 Å². The minimum Gasteiger partial charge on any atom is -0.388 e. The first kappa shape index (κ1) is 23.8. The van der Waals surface area contributed by atoms with Crippen molar-refractivity contribution in [3.63, 3.8) is 0 Å². The van der Waals surface area contributed by atoms with Gasteiger partial charge >= 0.3 is 0 Å². The molecule has 1 aromatic carbocycles. The molecular formula is C22H32N4O4. The van der Waals surface area contributed by atoms with E-state index in [1.54, 1.807) is 6.20 Å². The number of aldehydes is 1. The first-order valence-corrected chi connectivity index (χ1v) is 10.2. The van der Waals surface area contributed by atoms with Gasteiger partial charge in [-0.25, -0.2) is 4.98 Å². The normalized spacial score (nSPS) is 10.7. The first-order chi connectivity index (χ1) is 14.8. The van der Waals surface area contributed by atoms with E-state index in [0.29, 0.717) is 59.2 Å². The number of rotatable bonds is 16. The summed E-state index contributed by atoms with van der Waals surface area (Å²) in [5.41, 5.74) is 9.37. The average Bonchev–Trinajstić information content (AvgIpc) is 2.78. The number of hydrogen-bond donors (Lipinski definition) is 3. The molecule has 1 aromatic heterocycles. The van der Waals surface area contributed by atoms with Gasteiger partial charge in [0.2, 0.25) is 0 Å². The average molecular weight is 417 g/mol. The smallest absolute Gasteiger partial charge is 0.126 e. The summed E-state index contributed by atoms with van der Waals surface area (Å²) in [5, 5.41) is 6.42. The number of pyridine rings is 1. The summed E-state index contributed by atoms with van der Waals surface area (Å²) in [7, 11) is 1.85. The number of aromatic nitrogens is 1. The van der Waals surface area contributed by atoms with Gasteiger partial charge in [-0.1, -0.05) is 12.1 Å². The fraction of sp³-hybridized carbons (Fsp3) is 0.455. The molecule has 0 unspecified atom stereocenters. The van der Waals surface area contributed by atoms with Crippen LogP contribution in [0.5, 0.6) is 0 Å². The van der Waals surface area contributed by atoms with Crippen molar-refractivity contribution in [3.8, 4) is 11.1 Å². The standard InChI is InChI=1S/C22H32N4O4/c1-24-21-16-19(3-2-18(21)5-9-27)20-4-7-25-22(17-20)26-8-11-29-13-15-30-14-12-28-10-6-23/h2-4,7,9,16-17,24H,5-6,8,10-15,23H2,1H3,(H,25,26). The molecule has 8 nitrogen and oxygen atoms in total. The lowest BCUT2D eigenvalue weighted by Gasteiger charge is -2.11. The maximum absolute atomic E-state index is 10.8. The van der Waals surface area contributed by atoms with Gasteiger partial charge in [0.1, 0.15) is 12.1 Å². The van der Waals surface area contributed by atoms with Crippen molar-refractivity contribution in [2.24, 2.45) is 5.73 Å². The van der Waals surface area contributed by atoms with Crippen LogP contribution in [-0.2, 0) is 25.4 Å². The lowest BCUT2D eigenvalue weighted by molar-refractivity contribution is -0.107. The Kier molecular flexibility index (Phi) is 11.5. The van der Waals surface area contributed by atoms with E-state index < -0.39 is 0 Å².